The Hall–Kier alpha value is 0.0969. The van der Waals surface area contributed by atoms with Crippen LogP contribution in [0, 0.1) is 0 Å². The second kappa shape index (κ2) is 11.9. The zero-order chi connectivity index (χ0) is 14.6. The molecule has 4 heteroatoms. The van der Waals surface area contributed by atoms with Gasteiger partial charge in [0.15, 0.2) is 5.41 Å². The smallest absolute Gasteiger partial charge is 0.168 e. The average molecular weight is 287 g/mol. The summed E-state index contributed by atoms with van der Waals surface area (Å²) in [6.45, 7) is 2.25. The molecule has 113 valence electrons. The first kappa shape index (κ1) is 19.1. The first-order valence-electron chi connectivity index (χ1n) is 7.52. The lowest BCUT2D eigenvalue weighted by Gasteiger charge is -2.34. The number of hydrogen-bond acceptors (Lipinski definition) is 3. The lowest BCUT2D eigenvalue weighted by Crippen LogP contribution is -2.47. The molecule has 19 heavy (non-hydrogen) atoms. The van der Waals surface area contributed by atoms with Crippen molar-refractivity contribution in [2.24, 2.45) is 0 Å². The third kappa shape index (κ3) is 8.08. The van der Waals surface area contributed by atoms with Gasteiger partial charge in [-0.05, 0) is 6.42 Å². The van der Waals surface area contributed by atoms with Crippen LogP contribution in [0.2, 0.25) is 0 Å². The van der Waals surface area contributed by atoms with Crippen molar-refractivity contribution in [3.05, 3.63) is 0 Å². The zero-order valence-corrected chi connectivity index (χ0v) is 14.2. The molecule has 0 amide bonds. The van der Waals surface area contributed by atoms with Crippen LogP contribution in [-0.4, -0.2) is 43.1 Å². The molecule has 0 aromatic heterocycles. The van der Waals surface area contributed by atoms with Crippen molar-refractivity contribution in [2.45, 2.75) is 76.2 Å². The van der Waals surface area contributed by atoms with Crippen molar-refractivity contribution >= 4 is 10.2 Å². The molecule has 0 aliphatic heterocycles. The molecule has 0 heterocycles. The van der Waals surface area contributed by atoms with Gasteiger partial charge in [-0.25, -0.2) is 0 Å². The van der Waals surface area contributed by atoms with E-state index in [2.05, 4.69) is 17.2 Å². The molecule has 0 fully saturated rings. The van der Waals surface area contributed by atoms with Crippen LogP contribution in [0.15, 0.2) is 0 Å². The molecule has 0 aromatic carbocycles. The zero-order valence-electron chi connectivity index (χ0n) is 13.2. The molecule has 1 atom stereocenters. The Bertz CT molecular complexity index is 196. The van der Waals surface area contributed by atoms with Gasteiger partial charge in [0.05, 0.1) is 0 Å². The van der Waals surface area contributed by atoms with E-state index in [1.165, 1.54) is 44.9 Å². The molecule has 0 spiro atoms. The van der Waals surface area contributed by atoms with E-state index >= 15 is 0 Å². The topological polar surface area (TPSA) is 27.7 Å². The average Bonchev–Trinajstić information content (AvgIpc) is 2.45. The lowest BCUT2D eigenvalue weighted by molar-refractivity contribution is -0.209. The van der Waals surface area contributed by atoms with E-state index < -0.39 is 5.41 Å². The molecule has 0 aromatic rings. The van der Waals surface area contributed by atoms with Gasteiger partial charge in [-0.2, -0.15) is 0 Å². The second-order valence-electron chi connectivity index (χ2n) is 5.06. The summed E-state index contributed by atoms with van der Waals surface area (Å²) in [6.07, 6.45) is 11.4. The first-order chi connectivity index (χ1) is 9.14. The Morgan fingerprint density at radius 1 is 0.842 bits per heavy atom. The molecule has 3 nitrogen and oxygen atoms in total. The van der Waals surface area contributed by atoms with E-state index in [9.17, 15) is 0 Å². The van der Waals surface area contributed by atoms with Crippen LogP contribution < -0.4 is 0 Å². The van der Waals surface area contributed by atoms with Gasteiger partial charge in [-0.15, -0.1) is 0 Å². The van der Waals surface area contributed by atoms with Crippen LogP contribution >= 0.6 is 0 Å². The van der Waals surface area contributed by atoms with Crippen molar-refractivity contribution in [2.75, 3.05) is 21.3 Å². The summed E-state index contributed by atoms with van der Waals surface area (Å²) >= 11 is 0. The van der Waals surface area contributed by atoms with Gasteiger partial charge in [-0.1, -0.05) is 58.3 Å². The van der Waals surface area contributed by atoms with Gasteiger partial charge in [0.1, 0.15) is 16.3 Å². The molecule has 0 aliphatic rings. The molecule has 3 radical (unpaired) electrons. The number of ether oxygens (including phenoxy) is 3. The quantitative estimate of drug-likeness (QED) is 0.294. The maximum Gasteiger partial charge on any atom is 0.168 e. The number of unbranched alkanes of at least 4 members (excludes halogenated alkanes) is 7. The predicted molar refractivity (Wildman–Crippen MR) is 80.5 cm³/mol. The van der Waals surface area contributed by atoms with E-state index in [1.807, 2.05) is 0 Å². The Morgan fingerprint density at radius 2 is 1.32 bits per heavy atom. The number of rotatable bonds is 13. The summed E-state index contributed by atoms with van der Waals surface area (Å²) in [6, 6.07) is 0. The molecule has 0 rings (SSSR count). The molecule has 0 bridgehead atoms. The van der Waals surface area contributed by atoms with Gasteiger partial charge in [0.25, 0.3) is 0 Å². The van der Waals surface area contributed by atoms with E-state index in [4.69, 9.17) is 14.2 Å². The summed E-state index contributed by atoms with van der Waals surface area (Å²) in [4.78, 5) is 0. The highest BCUT2D eigenvalue weighted by atomic mass is 28.1. The highest BCUT2D eigenvalue weighted by molar-refractivity contribution is 6.13. The van der Waals surface area contributed by atoms with E-state index in [0.717, 1.165) is 12.8 Å². The third-order valence-corrected chi connectivity index (χ3v) is 4.36. The molecular weight excluding hydrogens is 256 g/mol. The van der Waals surface area contributed by atoms with Crippen molar-refractivity contribution in [1.82, 2.24) is 0 Å². The highest BCUT2D eigenvalue weighted by Gasteiger charge is 2.33. The lowest BCUT2D eigenvalue weighted by atomic mass is 10.1. The Kier molecular flexibility index (Phi) is 11.9. The Morgan fingerprint density at radius 3 is 1.74 bits per heavy atom. The molecule has 0 N–H and O–H groups in total. The normalized spacial score (nSPS) is 13.7. The highest BCUT2D eigenvalue weighted by Crippen LogP contribution is 2.21. The first-order valence-corrected chi connectivity index (χ1v) is 8.02. The van der Waals surface area contributed by atoms with Gasteiger partial charge in [0.2, 0.25) is 0 Å². The largest absolute Gasteiger partial charge is 0.376 e. The fourth-order valence-corrected chi connectivity index (χ4v) is 2.54. The van der Waals surface area contributed by atoms with Crippen molar-refractivity contribution in [1.29, 1.82) is 0 Å². The fourth-order valence-electron chi connectivity index (χ4n) is 2.27. The third-order valence-electron chi connectivity index (χ3n) is 3.63. The summed E-state index contributed by atoms with van der Waals surface area (Å²) in [5.74, 6) is 0. The van der Waals surface area contributed by atoms with Crippen LogP contribution in [0.25, 0.3) is 0 Å². The van der Waals surface area contributed by atoms with Crippen LogP contribution in [0.3, 0.4) is 0 Å². The van der Waals surface area contributed by atoms with Gasteiger partial charge < -0.3 is 14.2 Å². The summed E-state index contributed by atoms with van der Waals surface area (Å²) in [5, 5.41) is 0. The predicted octanol–water partition coefficient (Wildman–Crippen LogP) is 3.65. The minimum absolute atomic E-state index is 0.0840. The summed E-state index contributed by atoms with van der Waals surface area (Å²) in [7, 11) is 8.45. The molecule has 1 unspecified atom stereocenters. The number of hydrogen-bond donors (Lipinski definition) is 0. The van der Waals surface area contributed by atoms with E-state index in [-0.39, 0.29) is 6.10 Å². The second-order valence-corrected chi connectivity index (χ2v) is 5.76. The SMILES string of the molecule is CCCCCCCCCCC(OC)C([Si])(OC)OC. The fraction of sp³-hybridized carbons (Fsp3) is 1.00. The standard InChI is InChI=1S/C15H31O3Si/c1-5-6-7-8-9-10-11-12-13-14(16-2)15(19,17-3)18-4/h14H,5-13H2,1-4H3. The number of methoxy groups -OCH3 is 3. The maximum absolute atomic E-state index is 5.46. The van der Waals surface area contributed by atoms with Crippen molar-refractivity contribution in [3.63, 3.8) is 0 Å². The Balaban J connectivity index is 3.67. The van der Waals surface area contributed by atoms with Crippen LogP contribution in [0.5, 0.6) is 0 Å². The van der Waals surface area contributed by atoms with Gasteiger partial charge in [-0.3, -0.25) is 0 Å². The van der Waals surface area contributed by atoms with Crippen LogP contribution in [0.1, 0.15) is 64.7 Å². The van der Waals surface area contributed by atoms with Gasteiger partial charge in [0, 0.05) is 21.3 Å². The minimum atomic E-state index is -0.824. The minimum Gasteiger partial charge on any atom is -0.376 e. The van der Waals surface area contributed by atoms with Crippen molar-refractivity contribution < 1.29 is 14.2 Å². The molecule has 0 saturated carbocycles. The van der Waals surface area contributed by atoms with E-state index in [0.29, 0.717) is 0 Å². The van der Waals surface area contributed by atoms with Gasteiger partial charge >= 0.3 is 0 Å². The summed E-state index contributed by atoms with van der Waals surface area (Å²) in [5.41, 5.74) is -0.824. The van der Waals surface area contributed by atoms with Crippen LogP contribution in [0.4, 0.5) is 0 Å². The monoisotopic (exact) mass is 287 g/mol. The Labute approximate surface area is 122 Å². The van der Waals surface area contributed by atoms with Crippen LogP contribution in [-0.2, 0) is 14.2 Å². The molecular formula is C15H31O3Si. The molecule has 0 aliphatic carbocycles. The van der Waals surface area contributed by atoms with E-state index in [1.54, 1.807) is 21.3 Å². The summed E-state index contributed by atoms with van der Waals surface area (Å²) < 4.78 is 16.1. The molecule has 0 saturated heterocycles. The maximum atomic E-state index is 5.46. The van der Waals surface area contributed by atoms with Crippen molar-refractivity contribution in [3.8, 4) is 0 Å².